The molecular formula is C10H16N2O2. The number of nitrogens with one attached hydrogen (secondary N) is 1. The second-order valence-electron chi connectivity index (χ2n) is 3.57. The number of ether oxygens (including phenoxy) is 1. The first-order chi connectivity index (χ1) is 6.65. The van der Waals surface area contributed by atoms with E-state index < -0.39 is 0 Å². The molecule has 1 heterocycles. The van der Waals surface area contributed by atoms with Crippen LogP contribution in [0.4, 0.5) is 4.79 Å². The van der Waals surface area contributed by atoms with E-state index in [9.17, 15) is 4.79 Å². The number of hydrogen-bond acceptors (Lipinski definition) is 3. The van der Waals surface area contributed by atoms with Crippen LogP contribution in [-0.4, -0.2) is 42.8 Å². The van der Waals surface area contributed by atoms with E-state index >= 15 is 0 Å². The molecule has 0 aromatic carbocycles. The summed E-state index contributed by atoms with van der Waals surface area (Å²) in [5, 5.41) is 3.28. The van der Waals surface area contributed by atoms with Crippen LogP contribution in [0, 0.1) is 12.3 Å². The van der Waals surface area contributed by atoms with E-state index in [0.717, 1.165) is 6.54 Å². The number of amides is 1. The van der Waals surface area contributed by atoms with Crippen LogP contribution in [0.5, 0.6) is 0 Å². The van der Waals surface area contributed by atoms with Gasteiger partial charge < -0.3 is 15.0 Å². The number of rotatable bonds is 1. The van der Waals surface area contributed by atoms with E-state index in [2.05, 4.69) is 11.2 Å². The predicted molar refractivity (Wildman–Crippen MR) is 53.8 cm³/mol. The molecule has 1 amide bonds. The molecule has 4 heteroatoms. The number of carbonyl (C=O) groups is 1. The second kappa shape index (κ2) is 4.87. The molecule has 2 unspecified atom stereocenters. The van der Waals surface area contributed by atoms with Crippen molar-refractivity contribution in [2.24, 2.45) is 0 Å². The van der Waals surface area contributed by atoms with Crippen molar-refractivity contribution in [2.45, 2.75) is 25.9 Å². The lowest BCUT2D eigenvalue weighted by atomic mass is 10.1. The lowest BCUT2D eigenvalue weighted by Gasteiger charge is -2.36. The Labute approximate surface area is 84.6 Å². The lowest BCUT2D eigenvalue weighted by Crippen LogP contribution is -2.56. The van der Waals surface area contributed by atoms with Crippen LogP contribution in [0.25, 0.3) is 0 Å². The number of hydrogen-bond donors (Lipinski definition) is 1. The topological polar surface area (TPSA) is 41.6 Å². The van der Waals surface area contributed by atoms with Crippen molar-refractivity contribution in [3.63, 3.8) is 0 Å². The van der Waals surface area contributed by atoms with Gasteiger partial charge in [-0.25, -0.2) is 4.79 Å². The highest BCUT2D eigenvalue weighted by molar-refractivity contribution is 5.68. The molecular weight excluding hydrogens is 180 g/mol. The Morgan fingerprint density at radius 1 is 1.71 bits per heavy atom. The van der Waals surface area contributed by atoms with Gasteiger partial charge in [-0.2, -0.15) is 0 Å². The fourth-order valence-corrected chi connectivity index (χ4v) is 1.46. The van der Waals surface area contributed by atoms with Crippen LogP contribution >= 0.6 is 0 Å². The van der Waals surface area contributed by atoms with E-state index in [1.54, 1.807) is 4.90 Å². The van der Waals surface area contributed by atoms with Crippen molar-refractivity contribution < 1.29 is 9.53 Å². The van der Waals surface area contributed by atoms with E-state index in [-0.39, 0.29) is 18.7 Å². The quantitative estimate of drug-likeness (QED) is 0.619. The molecule has 1 saturated heterocycles. The van der Waals surface area contributed by atoms with Gasteiger partial charge in [-0.1, -0.05) is 5.92 Å². The minimum absolute atomic E-state index is 0.0455. The average molecular weight is 196 g/mol. The van der Waals surface area contributed by atoms with E-state index in [1.807, 2.05) is 13.8 Å². The average Bonchev–Trinajstić information content (AvgIpc) is 2.18. The molecule has 1 rings (SSSR count). The van der Waals surface area contributed by atoms with Crippen LogP contribution in [0.3, 0.4) is 0 Å². The largest absolute Gasteiger partial charge is 0.436 e. The molecule has 1 aliphatic heterocycles. The predicted octanol–water partition coefficient (Wildman–Crippen LogP) is 0.438. The van der Waals surface area contributed by atoms with Gasteiger partial charge in [0.25, 0.3) is 0 Å². The maximum absolute atomic E-state index is 11.5. The summed E-state index contributed by atoms with van der Waals surface area (Å²) < 4.78 is 4.87. The van der Waals surface area contributed by atoms with Gasteiger partial charge in [-0.3, -0.25) is 0 Å². The van der Waals surface area contributed by atoms with Gasteiger partial charge in [0.1, 0.15) is 0 Å². The Morgan fingerprint density at radius 2 is 2.43 bits per heavy atom. The van der Waals surface area contributed by atoms with Crippen molar-refractivity contribution in [2.75, 3.05) is 19.7 Å². The number of nitrogens with zero attached hydrogens (tertiary/aromatic N) is 1. The molecule has 14 heavy (non-hydrogen) atoms. The Balaban J connectivity index is 2.48. The lowest BCUT2D eigenvalue weighted by molar-refractivity contribution is 0.0824. The maximum atomic E-state index is 11.5. The minimum atomic E-state index is -0.316. The Bertz CT molecular complexity index is 247. The fraction of sp³-hybridized carbons (Fsp3) is 0.700. The molecule has 78 valence electrons. The molecule has 1 aliphatic rings. The first-order valence-corrected chi connectivity index (χ1v) is 4.75. The summed E-state index contributed by atoms with van der Waals surface area (Å²) in [7, 11) is 0. The first kappa shape index (κ1) is 10.9. The number of carbonyl (C=O) groups excluding carboxylic acids is 1. The zero-order valence-electron chi connectivity index (χ0n) is 8.62. The molecule has 0 aromatic rings. The van der Waals surface area contributed by atoms with Crippen molar-refractivity contribution in [1.82, 2.24) is 10.2 Å². The van der Waals surface area contributed by atoms with Crippen molar-refractivity contribution in [3.8, 4) is 12.3 Å². The molecule has 0 spiro atoms. The van der Waals surface area contributed by atoms with Gasteiger partial charge in [0.15, 0.2) is 6.61 Å². The molecule has 0 bridgehead atoms. The van der Waals surface area contributed by atoms with Gasteiger partial charge in [-0.15, -0.1) is 6.42 Å². The van der Waals surface area contributed by atoms with Crippen LogP contribution in [0.15, 0.2) is 0 Å². The van der Waals surface area contributed by atoms with Gasteiger partial charge >= 0.3 is 6.09 Å². The minimum Gasteiger partial charge on any atom is -0.436 e. The van der Waals surface area contributed by atoms with Gasteiger partial charge in [0.05, 0.1) is 0 Å². The van der Waals surface area contributed by atoms with Gasteiger partial charge in [0.2, 0.25) is 0 Å². The van der Waals surface area contributed by atoms with Crippen molar-refractivity contribution >= 4 is 6.09 Å². The summed E-state index contributed by atoms with van der Waals surface area (Å²) in [4.78, 5) is 13.2. The smallest absolute Gasteiger partial charge is 0.411 e. The Hall–Kier alpha value is -1.21. The highest BCUT2D eigenvalue weighted by atomic mass is 16.6. The molecule has 0 radical (unpaired) electrons. The van der Waals surface area contributed by atoms with Crippen LogP contribution in [0.1, 0.15) is 13.8 Å². The molecule has 2 atom stereocenters. The summed E-state index contributed by atoms with van der Waals surface area (Å²) in [5.74, 6) is 2.28. The molecule has 1 fully saturated rings. The van der Waals surface area contributed by atoms with E-state index in [4.69, 9.17) is 11.2 Å². The monoisotopic (exact) mass is 196 g/mol. The molecule has 0 aromatic heterocycles. The highest BCUT2D eigenvalue weighted by Crippen LogP contribution is 2.07. The summed E-state index contributed by atoms with van der Waals surface area (Å²) in [6.45, 7) is 5.53. The summed E-state index contributed by atoms with van der Waals surface area (Å²) >= 11 is 0. The normalized spacial score (nSPS) is 26.8. The van der Waals surface area contributed by atoms with E-state index in [1.165, 1.54) is 0 Å². The Kier molecular flexibility index (Phi) is 3.78. The third-order valence-corrected chi connectivity index (χ3v) is 2.28. The molecule has 4 nitrogen and oxygen atoms in total. The van der Waals surface area contributed by atoms with Crippen molar-refractivity contribution in [3.05, 3.63) is 0 Å². The highest BCUT2D eigenvalue weighted by Gasteiger charge is 2.27. The van der Waals surface area contributed by atoms with Gasteiger partial charge in [-0.05, 0) is 13.8 Å². The maximum Gasteiger partial charge on any atom is 0.411 e. The van der Waals surface area contributed by atoms with E-state index in [0.29, 0.717) is 12.6 Å². The van der Waals surface area contributed by atoms with Gasteiger partial charge in [0, 0.05) is 25.2 Å². The second-order valence-corrected chi connectivity index (χ2v) is 3.57. The SMILES string of the molecule is C#CCOC(=O)N1CC(C)NCC1C. The molecule has 0 saturated carbocycles. The van der Waals surface area contributed by atoms with Crippen molar-refractivity contribution in [1.29, 1.82) is 0 Å². The fourth-order valence-electron chi connectivity index (χ4n) is 1.46. The van der Waals surface area contributed by atoms with Crippen LogP contribution in [0.2, 0.25) is 0 Å². The summed E-state index contributed by atoms with van der Waals surface area (Å²) in [6.07, 6.45) is 4.69. The zero-order chi connectivity index (χ0) is 10.6. The zero-order valence-corrected chi connectivity index (χ0v) is 8.62. The summed E-state index contributed by atoms with van der Waals surface area (Å²) in [6, 6.07) is 0.473. The Morgan fingerprint density at radius 3 is 3.07 bits per heavy atom. The number of terminal acetylenes is 1. The standard InChI is InChI=1S/C10H16N2O2/c1-4-5-14-10(13)12-7-8(2)11-6-9(12)3/h1,8-9,11H,5-7H2,2-3H3. The van der Waals surface area contributed by atoms with Crippen LogP contribution in [-0.2, 0) is 4.74 Å². The molecule has 1 N–H and O–H groups in total. The third-order valence-electron chi connectivity index (χ3n) is 2.28. The molecule has 0 aliphatic carbocycles. The summed E-state index contributed by atoms with van der Waals surface area (Å²) in [5.41, 5.74) is 0. The third kappa shape index (κ3) is 2.64. The first-order valence-electron chi connectivity index (χ1n) is 4.75. The van der Waals surface area contributed by atoms with Crippen LogP contribution < -0.4 is 5.32 Å². The number of piperazine rings is 1.